The van der Waals surface area contributed by atoms with Gasteiger partial charge in [-0.1, -0.05) is 12.1 Å². The van der Waals surface area contributed by atoms with Crippen molar-refractivity contribution in [1.82, 2.24) is 9.71 Å². The van der Waals surface area contributed by atoms with Crippen molar-refractivity contribution in [2.45, 2.75) is 30.3 Å². The largest absolute Gasteiger partial charge is 0.380 e. The van der Waals surface area contributed by atoms with Gasteiger partial charge < -0.3 is 5.32 Å². The summed E-state index contributed by atoms with van der Waals surface area (Å²) in [6, 6.07) is 10.9. The molecule has 0 spiro atoms. The van der Waals surface area contributed by atoms with Crippen molar-refractivity contribution in [1.29, 1.82) is 0 Å². The molecule has 1 aliphatic rings. The number of nitrogens with zero attached hydrogens (tertiary/aromatic N) is 1. The Bertz CT molecular complexity index is 713. The van der Waals surface area contributed by atoms with Crippen LogP contribution in [0.25, 0.3) is 0 Å². The summed E-state index contributed by atoms with van der Waals surface area (Å²) in [4.78, 5) is 4.26. The van der Waals surface area contributed by atoms with Crippen LogP contribution in [0.3, 0.4) is 0 Å². The third kappa shape index (κ3) is 3.59. The second kappa shape index (κ2) is 5.83. The highest BCUT2D eigenvalue weighted by Gasteiger charge is 2.29. The summed E-state index contributed by atoms with van der Waals surface area (Å²) in [6.45, 7) is 0.554. The van der Waals surface area contributed by atoms with Gasteiger partial charge >= 0.3 is 0 Å². The fourth-order valence-electron chi connectivity index (χ4n) is 2.03. The van der Waals surface area contributed by atoms with E-state index in [1.807, 2.05) is 18.2 Å². The van der Waals surface area contributed by atoms with Crippen molar-refractivity contribution in [2.75, 3.05) is 5.32 Å². The predicted molar refractivity (Wildman–Crippen MR) is 81.3 cm³/mol. The molecule has 6 heteroatoms. The number of benzene rings is 1. The number of hydrogen-bond donors (Lipinski definition) is 2. The van der Waals surface area contributed by atoms with E-state index in [4.69, 9.17) is 0 Å². The molecule has 0 saturated heterocycles. The summed E-state index contributed by atoms with van der Waals surface area (Å²) >= 11 is 0. The molecule has 110 valence electrons. The molecule has 5 nitrogen and oxygen atoms in total. The fraction of sp³-hybridized carbons (Fsp3) is 0.267. The van der Waals surface area contributed by atoms with E-state index in [1.165, 1.54) is 0 Å². The molecule has 0 atom stereocenters. The van der Waals surface area contributed by atoms with Crippen LogP contribution in [0, 0.1) is 0 Å². The topological polar surface area (TPSA) is 71.1 Å². The molecule has 1 aromatic carbocycles. The van der Waals surface area contributed by atoms with Crippen LogP contribution in [0.5, 0.6) is 0 Å². The molecule has 0 radical (unpaired) electrons. The lowest BCUT2D eigenvalue weighted by Gasteiger charge is -2.13. The Balaban J connectivity index is 1.79. The van der Waals surface area contributed by atoms with Crippen molar-refractivity contribution >= 4 is 15.7 Å². The second-order valence-corrected chi connectivity index (χ2v) is 6.78. The van der Waals surface area contributed by atoms with Crippen LogP contribution >= 0.6 is 0 Å². The summed E-state index contributed by atoms with van der Waals surface area (Å²) in [6.07, 6.45) is 5.28. The van der Waals surface area contributed by atoms with Crippen molar-refractivity contribution in [2.24, 2.45) is 0 Å². The lowest BCUT2D eigenvalue weighted by molar-refractivity contribution is 0.581. The first-order valence-corrected chi connectivity index (χ1v) is 8.37. The van der Waals surface area contributed by atoms with Crippen molar-refractivity contribution < 1.29 is 8.42 Å². The van der Waals surface area contributed by atoms with E-state index >= 15 is 0 Å². The number of hydrogen-bond acceptors (Lipinski definition) is 4. The highest BCUT2D eigenvalue weighted by molar-refractivity contribution is 7.89. The monoisotopic (exact) mass is 303 g/mol. The Labute approximate surface area is 124 Å². The van der Waals surface area contributed by atoms with E-state index in [1.54, 1.807) is 30.6 Å². The zero-order valence-electron chi connectivity index (χ0n) is 11.5. The van der Waals surface area contributed by atoms with Crippen LogP contribution in [0.15, 0.2) is 53.7 Å². The molecule has 3 rings (SSSR count). The number of nitrogens with one attached hydrogen (secondary N) is 2. The second-order valence-electron chi connectivity index (χ2n) is 5.10. The number of para-hydroxylation sites is 1. The molecule has 0 bridgehead atoms. The van der Waals surface area contributed by atoms with E-state index in [9.17, 15) is 8.42 Å². The summed E-state index contributed by atoms with van der Waals surface area (Å²) in [5.41, 5.74) is 1.66. The Morgan fingerprint density at radius 1 is 1.10 bits per heavy atom. The maximum absolute atomic E-state index is 12.4. The van der Waals surface area contributed by atoms with Gasteiger partial charge in [-0.25, -0.2) is 13.1 Å². The third-order valence-corrected chi connectivity index (χ3v) is 4.89. The lowest BCUT2D eigenvalue weighted by Crippen LogP contribution is -2.26. The third-order valence-electron chi connectivity index (χ3n) is 3.31. The van der Waals surface area contributed by atoms with Gasteiger partial charge in [0.2, 0.25) is 10.0 Å². The Hall–Kier alpha value is -1.92. The maximum Gasteiger partial charge on any atom is 0.242 e. The normalized spacial score (nSPS) is 14.9. The van der Waals surface area contributed by atoms with Crippen LogP contribution in [0.1, 0.15) is 18.4 Å². The van der Waals surface area contributed by atoms with Crippen LogP contribution in [-0.2, 0) is 16.6 Å². The van der Waals surface area contributed by atoms with Gasteiger partial charge in [-0.3, -0.25) is 4.98 Å². The minimum absolute atomic E-state index is 0.100. The number of pyridine rings is 1. The summed E-state index contributed by atoms with van der Waals surface area (Å²) in [5.74, 6) is 0. The predicted octanol–water partition coefficient (Wildman–Crippen LogP) is 2.13. The number of aromatic nitrogens is 1. The highest BCUT2D eigenvalue weighted by Crippen LogP contribution is 2.26. The zero-order chi connectivity index (χ0) is 14.7. The van der Waals surface area contributed by atoms with E-state index in [0.29, 0.717) is 17.1 Å². The molecular formula is C15H17N3O2S. The van der Waals surface area contributed by atoms with Crippen LogP contribution in [-0.4, -0.2) is 19.4 Å². The SMILES string of the molecule is O=S(=O)(NC1CC1)c1ccccc1NCc1ccncc1. The minimum atomic E-state index is -3.46. The molecule has 1 saturated carbocycles. The first-order chi connectivity index (χ1) is 10.1. The molecule has 1 aromatic heterocycles. The van der Waals surface area contributed by atoms with Crippen molar-refractivity contribution in [3.8, 4) is 0 Å². The van der Waals surface area contributed by atoms with E-state index in [0.717, 1.165) is 18.4 Å². The number of sulfonamides is 1. The van der Waals surface area contributed by atoms with Crippen LogP contribution < -0.4 is 10.0 Å². The molecule has 1 aliphatic carbocycles. The van der Waals surface area contributed by atoms with Gasteiger partial charge in [-0.2, -0.15) is 0 Å². The van der Waals surface area contributed by atoms with Gasteiger partial charge in [0.1, 0.15) is 4.90 Å². The molecule has 2 aromatic rings. The van der Waals surface area contributed by atoms with E-state index < -0.39 is 10.0 Å². The van der Waals surface area contributed by atoms with E-state index in [-0.39, 0.29) is 6.04 Å². The average Bonchev–Trinajstić information content (AvgIpc) is 3.30. The van der Waals surface area contributed by atoms with Crippen molar-refractivity contribution in [3.05, 3.63) is 54.4 Å². The van der Waals surface area contributed by atoms with Crippen molar-refractivity contribution in [3.63, 3.8) is 0 Å². The van der Waals surface area contributed by atoms with Crippen LogP contribution in [0.4, 0.5) is 5.69 Å². The highest BCUT2D eigenvalue weighted by atomic mass is 32.2. The fourth-order valence-corrected chi connectivity index (χ4v) is 3.52. The van der Waals surface area contributed by atoms with Gasteiger partial charge in [0.15, 0.2) is 0 Å². The summed E-state index contributed by atoms with van der Waals surface area (Å²) in [5, 5.41) is 3.18. The molecule has 1 fully saturated rings. The molecule has 21 heavy (non-hydrogen) atoms. The summed E-state index contributed by atoms with van der Waals surface area (Å²) in [7, 11) is -3.46. The standard InChI is InChI=1S/C15H17N3O2S/c19-21(20,18-13-5-6-13)15-4-2-1-3-14(15)17-11-12-7-9-16-10-8-12/h1-4,7-10,13,17-18H,5-6,11H2. The molecule has 0 unspecified atom stereocenters. The molecule has 0 amide bonds. The molecule has 1 heterocycles. The minimum Gasteiger partial charge on any atom is -0.380 e. The average molecular weight is 303 g/mol. The number of rotatable bonds is 6. The summed E-state index contributed by atoms with van der Waals surface area (Å²) < 4.78 is 27.4. The van der Waals surface area contributed by atoms with Gasteiger partial charge in [0.25, 0.3) is 0 Å². The quantitative estimate of drug-likeness (QED) is 0.857. The molecule has 2 N–H and O–H groups in total. The van der Waals surface area contributed by atoms with Gasteiger partial charge in [0, 0.05) is 25.0 Å². The Morgan fingerprint density at radius 3 is 2.52 bits per heavy atom. The van der Waals surface area contributed by atoms with Crippen LogP contribution in [0.2, 0.25) is 0 Å². The lowest BCUT2D eigenvalue weighted by atomic mass is 10.2. The van der Waals surface area contributed by atoms with Gasteiger partial charge in [-0.15, -0.1) is 0 Å². The van der Waals surface area contributed by atoms with E-state index in [2.05, 4.69) is 15.0 Å². The number of anilines is 1. The smallest absolute Gasteiger partial charge is 0.242 e. The first-order valence-electron chi connectivity index (χ1n) is 6.89. The first kappa shape index (κ1) is 14.0. The maximum atomic E-state index is 12.4. The van der Waals surface area contributed by atoms with Gasteiger partial charge in [0.05, 0.1) is 5.69 Å². The Morgan fingerprint density at radius 2 is 1.81 bits per heavy atom. The van der Waals surface area contributed by atoms with Gasteiger partial charge in [-0.05, 0) is 42.7 Å². The molecule has 0 aliphatic heterocycles. The molecular weight excluding hydrogens is 286 g/mol. The Kier molecular flexibility index (Phi) is 3.90. The zero-order valence-corrected chi connectivity index (χ0v) is 12.3.